The highest BCUT2D eigenvalue weighted by Crippen LogP contribution is 2.41. The molecule has 1 atom stereocenters. The number of pyridine rings is 2. The van der Waals surface area contributed by atoms with Crippen molar-refractivity contribution in [3.8, 4) is 17.1 Å². The van der Waals surface area contributed by atoms with Gasteiger partial charge in [-0.25, -0.2) is 4.98 Å². The number of carbonyl (C=O) groups excluding carboxylic acids is 1. The molecule has 4 heterocycles. The number of phenolic OH excluding ortho intramolecular Hbond substituents is 1. The molecule has 0 aliphatic carbocycles. The fraction of sp³-hybridized carbons (Fsp3) is 0.423. The summed E-state index contributed by atoms with van der Waals surface area (Å²) in [7, 11) is -1.35. The van der Waals surface area contributed by atoms with E-state index in [4.69, 9.17) is 9.72 Å². The summed E-state index contributed by atoms with van der Waals surface area (Å²) in [5.41, 5.74) is 3.35. The van der Waals surface area contributed by atoms with Gasteiger partial charge < -0.3 is 19.5 Å². The molecular formula is C26H30N2O5Si. The van der Waals surface area contributed by atoms with E-state index in [-0.39, 0.29) is 30.8 Å². The molecule has 8 heteroatoms. The van der Waals surface area contributed by atoms with Gasteiger partial charge in [-0.1, -0.05) is 32.6 Å². The van der Waals surface area contributed by atoms with Gasteiger partial charge in [0.1, 0.15) is 18.0 Å². The lowest BCUT2D eigenvalue weighted by molar-refractivity contribution is -0.149. The first-order chi connectivity index (χ1) is 16.0. The molecule has 34 heavy (non-hydrogen) atoms. The van der Waals surface area contributed by atoms with Crippen LogP contribution in [-0.2, 0) is 34.7 Å². The summed E-state index contributed by atoms with van der Waals surface area (Å²) in [5.74, 6) is -0.319. The lowest BCUT2D eigenvalue weighted by Gasteiger charge is -2.26. The molecular weight excluding hydrogens is 448 g/mol. The number of aliphatic hydroxyl groups is 1. The van der Waals surface area contributed by atoms with E-state index in [0.717, 1.165) is 40.2 Å². The molecule has 0 saturated carbocycles. The van der Waals surface area contributed by atoms with Gasteiger partial charge >= 0.3 is 5.97 Å². The van der Waals surface area contributed by atoms with Crippen molar-refractivity contribution < 1.29 is 19.7 Å². The van der Waals surface area contributed by atoms with Crippen LogP contribution in [0.2, 0.25) is 25.7 Å². The monoisotopic (exact) mass is 478 g/mol. The average Bonchev–Trinajstić information content (AvgIpc) is 3.07. The van der Waals surface area contributed by atoms with Crippen LogP contribution in [0.4, 0.5) is 0 Å². The first kappa shape index (κ1) is 22.8. The van der Waals surface area contributed by atoms with E-state index in [9.17, 15) is 19.8 Å². The standard InChI is InChI=1S/C26H30N2O5Si/c1-5-26(32)12-23(30)33-14-19-20(26)11-22-24-18(13-28(22)25(19)31)16(8-9-34(2,3)4)17-10-15(29)6-7-21(17)27-24/h6-7,10-11,29,32H,5,8-9,12-14H2,1-4H3. The molecule has 5 rings (SSSR count). The van der Waals surface area contributed by atoms with Gasteiger partial charge in [-0.3, -0.25) is 9.59 Å². The lowest BCUT2D eigenvalue weighted by atomic mass is 9.85. The Labute approximate surface area is 199 Å². The van der Waals surface area contributed by atoms with Crippen LogP contribution in [0.5, 0.6) is 5.75 Å². The zero-order valence-corrected chi connectivity index (χ0v) is 21.1. The zero-order chi connectivity index (χ0) is 24.4. The van der Waals surface area contributed by atoms with Gasteiger partial charge in [0.25, 0.3) is 5.56 Å². The number of rotatable bonds is 4. The highest BCUT2D eigenvalue weighted by atomic mass is 28.3. The molecule has 1 aromatic carbocycles. The third-order valence-corrected chi connectivity index (χ3v) is 8.92. The number of nitrogens with zero attached hydrogens (tertiary/aromatic N) is 2. The number of hydrogen-bond acceptors (Lipinski definition) is 6. The molecule has 0 saturated heterocycles. The maximum atomic E-state index is 13.6. The number of aromatic nitrogens is 2. The second-order valence-electron chi connectivity index (χ2n) is 10.7. The van der Waals surface area contributed by atoms with Gasteiger partial charge in [-0.15, -0.1) is 0 Å². The van der Waals surface area contributed by atoms with E-state index in [0.29, 0.717) is 23.4 Å². The van der Waals surface area contributed by atoms with E-state index in [1.54, 1.807) is 23.6 Å². The molecule has 0 spiro atoms. The second-order valence-corrected chi connectivity index (χ2v) is 16.3. The van der Waals surface area contributed by atoms with E-state index < -0.39 is 19.6 Å². The van der Waals surface area contributed by atoms with Crippen molar-refractivity contribution in [2.45, 2.75) is 70.6 Å². The molecule has 2 N–H and O–H groups in total. The predicted octanol–water partition coefficient (Wildman–Crippen LogP) is 4.06. The number of carbonyl (C=O) groups is 1. The largest absolute Gasteiger partial charge is 0.508 e. The van der Waals surface area contributed by atoms with Gasteiger partial charge in [0, 0.05) is 19.0 Å². The molecule has 2 aliphatic heterocycles. The van der Waals surface area contributed by atoms with Crippen molar-refractivity contribution in [2.75, 3.05) is 0 Å². The number of ether oxygens (including phenoxy) is 1. The molecule has 0 radical (unpaired) electrons. The summed E-state index contributed by atoms with van der Waals surface area (Å²) in [6.45, 7) is 9.02. The van der Waals surface area contributed by atoms with Crippen molar-refractivity contribution >= 4 is 24.9 Å². The van der Waals surface area contributed by atoms with Crippen LogP contribution in [0.25, 0.3) is 22.3 Å². The van der Waals surface area contributed by atoms with Crippen molar-refractivity contribution in [2.24, 2.45) is 0 Å². The summed E-state index contributed by atoms with van der Waals surface area (Å²) < 4.78 is 6.95. The van der Waals surface area contributed by atoms with Crippen molar-refractivity contribution in [3.63, 3.8) is 0 Å². The Morgan fingerprint density at radius 3 is 2.65 bits per heavy atom. The van der Waals surface area contributed by atoms with Gasteiger partial charge in [0.15, 0.2) is 0 Å². The molecule has 0 bridgehead atoms. The Hall–Kier alpha value is -2.97. The topological polar surface area (TPSA) is 102 Å². The number of phenols is 1. The first-order valence-electron chi connectivity index (χ1n) is 11.8. The second kappa shape index (κ2) is 7.78. The summed E-state index contributed by atoms with van der Waals surface area (Å²) in [4.78, 5) is 30.7. The quantitative estimate of drug-likeness (QED) is 0.339. The van der Waals surface area contributed by atoms with E-state index in [1.165, 1.54) is 0 Å². The van der Waals surface area contributed by atoms with Gasteiger partial charge in [-0.05, 0) is 48.2 Å². The van der Waals surface area contributed by atoms with Crippen LogP contribution in [-0.4, -0.2) is 33.8 Å². The zero-order valence-electron chi connectivity index (χ0n) is 20.1. The fourth-order valence-corrected chi connectivity index (χ4v) is 6.13. The van der Waals surface area contributed by atoms with Crippen LogP contribution in [0.1, 0.15) is 42.0 Å². The van der Waals surface area contributed by atoms with Gasteiger partial charge in [0.05, 0.1) is 35.4 Å². The molecule has 3 aromatic rings. The SMILES string of the molecule is CCC1(O)CC(=O)OCc2c1cc1n(c2=O)Cc2c-1nc1ccc(O)cc1c2CC[Si](C)(C)C. The smallest absolute Gasteiger partial charge is 0.309 e. The predicted molar refractivity (Wildman–Crippen MR) is 133 cm³/mol. The summed E-state index contributed by atoms with van der Waals surface area (Å²) >= 11 is 0. The molecule has 2 aliphatic rings. The Morgan fingerprint density at radius 2 is 1.94 bits per heavy atom. The summed E-state index contributed by atoms with van der Waals surface area (Å²) in [6.07, 6.45) is 0.953. The first-order valence-corrected chi connectivity index (χ1v) is 15.5. The maximum absolute atomic E-state index is 13.6. The van der Waals surface area contributed by atoms with Crippen molar-refractivity contribution in [1.82, 2.24) is 9.55 Å². The minimum Gasteiger partial charge on any atom is -0.508 e. The average molecular weight is 479 g/mol. The third kappa shape index (κ3) is 3.65. The summed E-state index contributed by atoms with van der Waals surface area (Å²) in [6, 6.07) is 8.10. The number of aromatic hydroxyl groups is 1. The highest BCUT2D eigenvalue weighted by molar-refractivity contribution is 6.76. The van der Waals surface area contributed by atoms with Crippen molar-refractivity contribution in [3.05, 3.63) is 56.9 Å². The Bertz CT molecular complexity index is 1410. The molecule has 178 valence electrons. The van der Waals surface area contributed by atoms with Gasteiger partial charge in [0.2, 0.25) is 0 Å². The Kier molecular flexibility index (Phi) is 5.22. The minimum atomic E-state index is -1.45. The molecule has 7 nitrogen and oxygen atoms in total. The number of fused-ring (bicyclic) bond motifs is 5. The number of esters is 1. The number of hydrogen-bond donors (Lipinski definition) is 2. The highest BCUT2D eigenvalue weighted by Gasteiger charge is 2.39. The molecule has 2 aromatic heterocycles. The van der Waals surface area contributed by atoms with E-state index in [1.807, 2.05) is 12.1 Å². The molecule has 1 unspecified atom stereocenters. The van der Waals surface area contributed by atoms with Gasteiger partial charge in [-0.2, -0.15) is 0 Å². The molecule has 0 amide bonds. The number of aryl methyl sites for hydroxylation is 1. The normalized spacial score (nSPS) is 19.4. The fourth-order valence-electron chi connectivity index (χ4n) is 5.13. The number of benzene rings is 1. The molecule has 0 fully saturated rings. The Morgan fingerprint density at radius 1 is 1.18 bits per heavy atom. The van der Waals surface area contributed by atoms with Crippen LogP contribution in [0, 0.1) is 0 Å². The number of cyclic esters (lactones) is 1. The Balaban J connectivity index is 1.76. The van der Waals surface area contributed by atoms with E-state index in [2.05, 4.69) is 19.6 Å². The van der Waals surface area contributed by atoms with Crippen LogP contribution >= 0.6 is 0 Å². The maximum Gasteiger partial charge on any atom is 0.309 e. The van der Waals surface area contributed by atoms with Crippen LogP contribution < -0.4 is 5.56 Å². The lowest BCUT2D eigenvalue weighted by Crippen LogP contribution is -2.32. The van der Waals surface area contributed by atoms with E-state index >= 15 is 0 Å². The van der Waals surface area contributed by atoms with Crippen LogP contribution in [0.3, 0.4) is 0 Å². The third-order valence-electron chi connectivity index (χ3n) is 7.17. The van der Waals surface area contributed by atoms with Crippen LogP contribution in [0.15, 0.2) is 29.1 Å². The van der Waals surface area contributed by atoms with Crippen molar-refractivity contribution in [1.29, 1.82) is 0 Å². The minimum absolute atomic E-state index is 0.141. The summed E-state index contributed by atoms with van der Waals surface area (Å²) in [5, 5.41) is 22.4.